The van der Waals surface area contributed by atoms with Gasteiger partial charge in [0.1, 0.15) is 12.3 Å². The molecule has 1 aromatic rings. The van der Waals surface area contributed by atoms with Crippen molar-refractivity contribution in [3.05, 3.63) is 29.8 Å². The smallest absolute Gasteiger partial charge is 0.128 e. The Hall–Kier alpha value is -1.02. The Balaban J connectivity index is 2.58. The number of hydrogen-bond donors (Lipinski definition) is 1. The van der Waals surface area contributed by atoms with Gasteiger partial charge in [0.25, 0.3) is 0 Å². The van der Waals surface area contributed by atoms with Crippen molar-refractivity contribution in [3.8, 4) is 5.75 Å². The largest absolute Gasteiger partial charge is 0.493 e. The highest BCUT2D eigenvalue weighted by Crippen LogP contribution is 2.16. The van der Waals surface area contributed by atoms with Crippen molar-refractivity contribution in [1.29, 1.82) is 0 Å². The maximum atomic E-state index is 5.58. The number of hydrogen-bond acceptors (Lipinski definition) is 1. The summed E-state index contributed by atoms with van der Waals surface area (Å²) in [7, 11) is 0. The van der Waals surface area contributed by atoms with Crippen LogP contribution in [0.4, 0.5) is 0 Å². The second kappa shape index (κ2) is 6.46. The monoisotopic (exact) mass is 208 g/mol. The van der Waals surface area contributed by atoms with Gasteiger partial charge < -0.3 is 10.1 Å². The predicted molar refractivity (Wildman–Crippen MR) is 63.0 cm³/mol. The average Bonchev–Trinajstić information content (AvgIpc) is 2.28. The molecule has 1 aromatic carbocycles. The molecule has 0 aliphatic heterocycles. The van der Waals surface area contributed by atoms with Crippen molar-refractivity contribution >= 4 is 0 Å². The van der Waals surface area contributed by atoms with Gasteiger partial charge in [-0.15, -0.1) is 0 Å². The number of para-hydroxylation sites is 1. The molecule has 1 atom stereocenters. The van der Waals surface area contributed by atoms with Gasteiger partial charge in [0.15, 0.2) is 0 Å². The molecular weight excluding hydrogens is 186 g/mol. The molecule has 0 amide bonds. The van der Waals surface area contributed by atoms with Crippen LogP contribution < -0.4 is 10.1 Å². The van der Waals surface area contributed by atoms with E-state index in [1.807, 2.05) is 19.1 Å². The first-order valence-electron chi connectivity index (χ1n) is 5.82. The first-order valence-corrected chi connectivity index (χ1v) is 5.82. The van der Waals surface area contributed by atoms with Crippen LogP contribution in [0.25, 0.3) is 0 Å². The maximum absolute atomic E-state index is 5.58. The van der Waals surface area contributed by atoms with E-state index in [1.165, 1.54) is 12.0 Å². The molecule has 0 fully saturated rings. The molecule has 2 heteroatoms. The van der Waals surface area contributed by atoms with E-state index in [9.17, 15) is 0 Å². The zero-order valence-electron chi connectivity index (χ0n) is 9.99. The summed E-state index contributed by atoms with van der Waals surface area (Å²) >= 11 is 0. The molecule has 0 saturated heterocycles. The molecule has 15 heavy (non-hydrogen) atoms. The van der Waals surface area contributed by atoms with Crippen LogP contribution in [-0.4, -0.2) is 12.6 Å². The molecule has 0 unspecified atom stereocenters. The van der Waals surface area contributed by atoms with Crippen LogP contribution in [0.1, 0.15) is 32.8 Å². The summed E-state index contributed by atoms with van der Waals surface area (Å²) in [5.74, 6) is 1.03. The highest BCUT2D eigenvalue weighted by molar-refractivity contribution is 5.32. The van der Waals surface area contributed by atoms with Crippen LogP contribution in [-0.2, 0) is 6.54 Å². The van der Waals surface area contributed by atoms with Gasteiger partial charge in [-0.25, -0.2) is 0 Å². The van der Waals surface area contributed by atoms with E-state index in [0.29, 0.717) is 6.04 Å². The van der Waals surface area contributed by atoms with Crippen molar-refractivity contribution in [3.63, 3.8) is 0 Å². The van der Waals surface area contributed by atoms with E-state index in [1.54, 1.807) is 0 Å². The van der Waals surface area contributed by atoms with Gasteiger partial charge in [-0.2, -0.15) is 0 Å². The van der Waals surface area contributed by atoms with Crippen LogP contribution >= 0.6 is 0 Å². The highest BCUT2D eigenvalue weighted by atomic mass is 16.5. The van der Waals surface area contributed by atoms with Gasteiger partial charge >= 0.3 is 0 Å². The Bertz CT molecular complexity index is 286. The number of ether oxygens (including phenoxy) is 1. The second-order valence-corrected chi connectivity index (χ2v) is 3.87. The van der Waals surface area contributed by atoms with E-state index in [4.69, 9.17) is 4.74 Å². The number of rotatable bonds is 6. The van der Waals surface area contributed by atoms with E-state index >= 15 is 0 Å². The standard InChI is InChI=1S/C13H21NO/c1-4-11(3)14-10-12-8-6-7-9-13(12)15-5-2/h6-9,11,14H,4-5,10H2,1-3H3/p+1/t11-/m0/s1. The molecule has 0 aliphatic rings. The van der Waals surface area contributed by atoms with Crippen molar-refractivity contribution in [2.75, 3.05) is 6.61 Å². The summed E-state index contributed by atoms with van der Waals surface area (Å²) in [6.45, 7) is 8.24. The molecule has 0 saturated carbocycles. The third kappa shape index (κ3) is 3.92. The molecule has 0 bridgehead atoms. The Morgan fingerprint density at radius 3 is 2.67 bits per heavy atom. The zero-order valence-corrected chi connectivity index (χ0v) is 9.99. The lowest BCUT2D eigenvalue weighted by molar-refractivity contribution is -0.701. The third-order valence-corrected chi connectivity index (χ3v) is 2.66. The Morgan fingerprint density at radius 2 is 2.00 bits per heavy atom. The van der Waals surface area contributed by atoms with Gasteiger partial charge in [0.2, 0.25) is 0 Å². The molecule has 2 nitrogen and oxygen atoms in total. The highest BCUT2D eigenvalue weighted by Gasteiger charge is 2.06. The minimum Gasteiger partial charge on any atom is -0.493 e. The summed E-state index contributed by atoms with van der Waals surface area (Å²) in [6.07, 6.45) is 1.21. The van der Waals surface area contributed by atoms with Crippen molar-refractivity contribution in [2.45, 2.75) is 39.8 Å². The quantitative estimate of drug-likeness (QED) is 0.759. The number of nitrogens with two attached hydrogens (primary N) is 1. The van der Waals surface area contributed by atoms with Gasteiger partial charge in [-0.3, -0.25) is 0 Å². The molecule has 0 heterocycles. The molecule has 0 aliphatic carbocycles. The van der Waals surface area contributed by atoms with E-state index < -0.39 is 0 Å². The lowest BCUT2D eigenvalue weighted by Gasteiger charge is -2.11. The van der Waals surface area contributed by atoms with Crippen molar-refractivity contribution < 1.29 is 10.1 Å². The Kier molecular flexibility index (Phi) is 5.19. The average molecular weight is 208 g/mol. The first-order chi connectivity index (χ1) is 7.27. The third-order valence-electron chi connectivity index (χ3n) is 2.66. The van der Waals surface area contributed by atoms with E-state index in [2.05, 4.69) is 31.3 Å². The summed E-state index contributed by atoms with van der Waals surface area (Å²) in [5.41, 5.74) is 1.29. The van der Waals surface area contributed by atoms with Crippen LogP contribution in [0.2, 0.25) is 0 Å². The fourth-order valence-corrected chi connectivity index (χ4v) is 1.46. The summed E-state index contributed by atoms with van der Waals surface area (Å²) in [6, 6.07) is 8.97. The lowest BCUT2D eigenvalue weighted by atomic mass is 10.2. The summed E-state index contributed by atoms with van der Waals surface area (Å²) < 4.78 is 5.58. The van der Waals surface area contributed by atoms with Gasteiger partial charge in [0.05, 0.1) is 12.6 Å². The van der Waals surface area contributed by atoms with E-state index in [-0.39, 0.29) is 0 Å². The molecule has 1 rings (SSSR count). The van der Waals surface area contributed by atoms with Gasteiger partial charge in [-0.05, 0) is 32.4 Å². The number of quaternary nitrogens is 1. The van der Waals surface area contributed by atoms with Crippen molar-refractivity contribution in [1.82, 2.24) is 0 Å². The normalized spacial score (nSPS) is 12.5. The van der Waals surface area contributed by atoms with Gasteiger partial charge in [-0.1, -0.05) is 19.1 Å². The predicted octanol–water partition coefficient (Wildman–Crippen LogP) is 1.95. The molecule has 84 valence electrons. The van der Waals surface area contributed by atoms with Crippen molar-refractivity contribution in [2.24, 2.45) is 0 Å². The molecule has 0 spiro atoms. The zero-order chi connectivity index (χ0) is 11.1. The maximum Gasteiger partial charge on any atom is 0.128 e. The lowest BCUT2D eigenvalue weighted by Crippen LogP contribution is -2.87. The van der Waals surface area contributed by atoms with Crippen LogP contribution in [0.5, 0.6) is 5.75 Å². The first kappa shape index (κ1) is 12.1. The van der Waals surface area contributed by atoms with E-state index in [0.717, 1.165) is 18.9 Å². The second-order valence-electron chi connectivity index (χ2n) is 3.87. The fraction of sp³-hybridized carbons (Fsp3) is 0.538. The van der Waals surface area contributed by atoms with Gasteiger partial charge in [0, 0.05) is 5.56 Å². The molecule has 2 N–H and O–H groups in total. The SMILES string of the molecule is CCOc1ccccc1C[NH2+][C@@H](C)CC. The van der Waals surface area contributed by atoms with Crippen LogP contribution in [0.3, 0.4) is 0 Å². The topological polar surface area (TPSA) is 25.8 Å². The molecular formula is C13H22NO+. The fourth-order valence-electron chi connectivity index (χ4n) is 1.46. The number of benzene rings is 1. The minimum atomic E-state index is 0.680. The van der Waals surface area contributed by atoms with Crippen LogP contribution in [0, 0.1) is 0 Å². The summed E-state index contributed by atoms with van der Waals surface area (Å²) in [4.78, 5) is 0. The molecule has 0 aromatic heterocycles. The Labute approximate surface area is 92.6 Å². The molecule has 0 radical (unpaired) electrons. The van der Waals surface area contributed by atoms with Crippen LogP contribution in [0.15, 0.2) is 24.3 Å². The summed E-state index contributed by atoms with van der Waals surface area (Å²) in [5, 5.41) is 2.36. The Morgan fingerprint density at radius 1 is 1.27 bits per heavy atom. The minimum absolute atomic E-state index is 0.680.